The van der Waals surface area contributed by atoms with Crippen molar-refractivity contribution in [1.29, 1.82) is 0 Å². The smallest absolute Gasteiger partial charge is 0.257 e. The zero-order chi connectivity index (χ0) is 19.6. The van der Waals surface area contributed by atoms with Crippen molar-refractivity contribution in [2.75, 3.05) is 13.2 Å². The minimum Gasteiger partial charge on any atom is -0.484 e. The van der Waals surface area contributed by atoms with E-state index in [0.717, 1.165) is 12.7 Å². The average Bonchev–Trinajstić information content (AvgIpc) is 2.77. The van der Waals surface area contributed by atoms with Crippen LogP contribution in [0.2, 0.25) is 0 Å². The van der Waals surface area contributed by atoms with Crippen LogP contribution in [0, 0.1) is 0 Å². The van der Waals surface area contributed by atoms with Crippen LogP contribution in [0.15, 0.2) is 84.9 Å². The Morgan fingerprint density at radius 3 is 1.96 bits per heavy atom. The Labute approximate surface area is 165 Å². The average molecular weight is 373 g/mol. The van der Waals surface area contributed by atoms with E-state index >= 15 is 0 Å². The van der Waals surface area contributed by atoms with Crippen LogP contribution in [-0.4, -0.2) is 25.3 Å². The number of nitrogens with one attached hydrogen (secondary N) is 1. The van der Waals surface area contributed by atoms with Crippen molar-refractivity contribution >= 4 is 12.2 Å². The van der Waals surface area contributed by atoms with Crippen molar-refractivity contribution in [3.63, 3.8) is 0 Å². The molecule has 0 heterocycles. The van der Waals surface area contributed by atoms with E-state index in [1.54, 1.807) is 24.3 Å². The summed E-state index contributed by atoms with van der Waals surface area (Å²) in [5.41, 5.74) is 3.04. The molecule has 1 amide bonds. The SMILES string of the molecule is O=Cc1ccc(OCC(=O)NCCC(c2ccccc2)c2ccccc2)cc1. The first-order valence-electron chi connectivity index (χ1n) is 9.31. The molecule has 0 atom stereocenters. The van der Waals surface area contributed by atoms with Crippen molar-refractivity contribution in [3.8, 4) is 5.75 Å². The lowest BCUT2D eigenvalue weighted by Crippen LogP contribution is -2.30. The van der Waals surface area contributed by atoms with Gasteiger partial charge in [-0.05, 0) is 41.8 Å². The molecule has 0 radical (unpaired) electrons. The molecular formula is C24H23NO3. The highest BCUT2D eigenvalue weighted by atomic mass is 16.5. The van der Waals surface area contributed by atoms with Gasteiger partial charge in [0.25, 0.3) is 5.91 Å². The van der Waals surface area contributed by atoms with Gasteiger partial charge in [-0.25, -0.2) is 0 Å². The van der Waals surface area contributed by atoms with Crippen LogP contribution in [0.1, 0.15) is 33.8 Å². The lowest BCUT2D eigenvalue weighted by molar-refractivity contribution is -0.123. The fourth-order valence-corrected chi connectivity index (χ4v) is 3.09. The summed E-state index contributed by atoms with van der Waals surface area (Å²) >= 11 is 0. The quantitative estimate of drug-likeness (QED) is 0.572. The molecule has 0 saturated carbocycles. The number of hydrogen-bond acceptors (Lipinski definition) is 3. The van der Waals surface area contributed by atoms with Crippen LogP contribution in [0.25, 0.3) is 0 Å². The molecule has 4 heteroatoms. The molecule has 0 aromatic heterocycles. The van der Waals surface area contributed by atoms with Gasteiger partial charge in [0.15, 0.2) is 6.61 Å². The molecule has 0 saturated heterocycles. The summed E-state index contributed by atoms with van der Waals surface area (Å²) < 4.78 is 5.47. The van der Waals surface area contributed by atoms with Gasteiger partial charge in [0.1, 0.15) is 12.0 Å². The molecule has 3 rings (SSSR count). The standard InChI is InChI=1S/C24H23NO3/c26-17-19-11-13-22(14-12-19)28-18-24(27)25-16-15-23(20-7-3-1-4-8-20)21-9-5-2-6-10-21/h1-14,17,23H,15-16,18H2,(H,25,27). The van der Waals surface area contributed by atoms with Gasteiger partial charge in [-0.2, -0.15) is 0 Å². The minimum absolute atomic E-state index is 0.0538. The van der Waals surface area contributed by atoms with E-state index in [4.69, 9.17) is 4.74 Å². The summed E-state index contributed by atoms with van der Waals surface area (Å²) in [6.45, 7) is 0.502. The van der Waals surface area contributed by atoms with Crippen molar-refractivity contribution in [2.24, 2.45) is 0 Å². The fourth-order valence-electron chi connectivity index (χ4n) is 3.09. The zero-order valence-corrected chi connectivity index (χ0v) is 15.6. The van der Waals surface area contributed by atoms with Crippen molar-refractivity contribution in [1.82, 2.24) is 5.32 Å². The highest BCUT2D eigenvalue weighted by Crippen LogP contribution is 2.27. The van der Waals surface area contributed by atoms with E-state index in [0.29, 0.717) is 17.9 Å². The van der Waals surface area contributed by atoms with Crippen LogP contribution in [-0.2, 0) is 4.79 Å². The highest BCUT2D eigenvalue weighted by Gasteiger charge is 2.14. The first-order chi connectivity index (χ1) is 13.8. The van der Waals surface area contributed by atoms with E-state index < -0.39 is 0 Å². The van der Waals surface area contributed by atoms with Crippen LogP contribution >= 0.6 is 0 Å². The second kappa shape index (κ2) is 10.1. The second-order valence-corrected chi connectivity index (χ2v) is 6.49. The molecule has 28 heavy (non-hydrogen) atoms. The molecular weight excluding hydrogens is 350 g/mol. The topological polar surface area (TPSA) is 55.4 Å². The molecule has 1 N–H and O–H groups in total. The maximum atomic E-state index is 12.1. The molecule has 0 aliphatic carbocycles. The third-order valence-electron chi connectivity index (χ3n) is 4.55. The maximum absolute atomic E-state index is 12.1. The summed E-state index contributed by atoms with van der Waals surface area (Å²) in [5.74, 6) is 0.617. The minimum atomic E-state index is -0.167. The van der Waals surface area contributed by atoms with Gasteiger partial charge in [0.05, 0.1) is 0 Å². The van der Waals surface area contributed by atoms with Gasteiger partial charge in [-0.3, -0.25) is 9.59 Å². The summed E-state index contributed by atoms with van der Waals surface area (Å²) in [6, 6.07) is 27.3. The van der Waals surface area contributed by atoms with Crippen LogP contribution in [0.5, 0.6) is 5.75 Å². The molecule has 0 bridgehead atoms. The Kier molecular flexibility index (Phi) is 6.96. The first kappa shape index (κ1) is 19.4. The van der Waals surface area contributed by atoms with Crippen molar-refractivity contribution in [3.05, 3.63) is 102 Å². The molecule has 142 valence electrons. The normalized spacial score (nSPS) is 10.5. The molecule has 3 aromatic rings. The van der Waals surface area contributed by atoms with Gasteiger partial charge in [-0.1, -0.05) is 60.7 Å². The third kappa shape index (κ3) is 5.55. The van der Waals surface area contributed by atoms with Crippen LogP contribution in [0.3, 0.4) is 0 Å². The van der Waals surface area contributed by atoms with Gasteiger partial charge in [0.2, 0.25) is 0 Å². The Balaban J connectivity index is 1.52. The summed E-state index contributed by atoms with van der Waals surface area (Å²) in [7, 11) is 0. The number of hydrogen-bond donors (Lipinski definition) is 1. The maximum Gasteiger partial charge on any atom is 0.257 e. The fraction of sp³-hybridized carbons (Fsp3) is 0.167. The molecule has 0 fully saturated rings. The molecule has 0 aliphatic rings. The van der Waals surface area contributed by atoms with Crippen molar-refractivity contribution < 1.29 is 14.3 Å². The summed E-state index contributed by atoms with van der Waals surface area (Å²) in [5, 5.41) is 2.93. The van der Waals surface area contributed by atoms with E-state index in [1.165, 1.54) is 11.1 Å². The number of amides is 1. The summed E-state index contributed by atoms with van der Waals surface area (Å²) in [6.07, 6.45) is 1.57. The Morgan fingerprint density at radius 1 is 0.857 bits per heavy atom. The van der Waals surface area contributed by atoms with E-state index in [-0.39, 0.29) is 18.4 Å². The van der Waals surface area contributed by atoms with E-state index in [2.05, 4.69) is 29.6 Å². The molecule has 3 aromatic carbocycles. The number of benzene rings is 3. The Hall–Kier alpha value is -3.40. The monoisotopic (exact) mass is 373 g/mol. The predicted octanol–water partition coefficient (Wildman–Crippen LogP) is 4.22. The Morgan fingerprint density at radius 2 is 1.43 bits per heavy atom. The third-order valence-corrected chi connectivity index (χ3v) is 4.55. The number of ether oxygens (including phenoxy) is 1. The van der Waals surface area contributed by atoms with Crippen LogP contribution in [0.4, 0.5) is 0 Å². The molecule has 4 nitrogen and oxygen atoms in total. The van der Waals surface area contributed by atoms with Gasteiger partial charge >= 0.3 is 0 Å². The largest absolute Gasteiger partial charge is 0.484 e. The highest BCUT2D eigenvalue weighted by molar-refractivity contribution is 5.77. The van der Waals surface area contributed by atoms with E-state index in [9.17, 15) is 9.59 Å². The van der Waals surface area contributed by atoms with Gasteiger partial charge in [0, 0.05) is 18.0 Å². The first-order valence-corrected chi connectivity index (χ1v) is 9.31. The number of carbonyl (C=O) groups excluding carboxylic acids is 2. The summed E-state index contributed by atoms with van der Waals surface area (Å²) in [4.78, 5) is 22.8. The second-order valence-electron chi connectivity index (χ2n) is 6.49. The molecule has 0 spiro atoms. The lowest BCUT2D eigenvalue weighted by Gasteiger charge is -2.18. The van der Waals surface area contributed by atoms with Crippen molar-refractivity contribution in [2.45, 2.75) is 12.3 Å². The zero-order valence-electron chi connectivity index (χ0n) is 15.6. The number of aldehydes is 1. The Bertz CT molecular complexity index is 837. The number of carbonyl (C=O) groups is 2. The van der Waals surface area contributed by atoms with Gasteiger partial charge in [-0.15, -0.1) is 0 Å². The van der Waals surface area contributed by atoms with E-state index in [1.807, 2.05) is 36.4 Å². The van der Waals surface area contributed by atoms with Gasteiger partial charge < -0.3 is 10.1 Å². The molecule has 0 unspecified atom stereocenters. The van der Waals surface area contributed by atoms with Crippen LogP contribution < -0.4 is 10.1 Å². The number of rotatable bonds is 9. The lowest BCUT2D eigenvalue weighted by atomic mass is 9.88. The molecule has 0 aliphatic heterocycles. The predicted molar refractivity (Wildman–Crippen MR) is 110 cm³/mol.